The molecule has 1 aliphatic rings. The monoisotopic (exact) mass is 419 g/mol. The molecule has 146 valence electrons. The average Bonchev–Trinajstić information content (AvgIpc) is 2.98. The van der Waals surface area contributed by atoms with E-state index < -0.39 is 11.9 Å². The van der Waals surface area contributed by atoms with Gasteiger partial charge in [-0.3, -0.25) is 9.59 Å². The Kier molecular flexibility index (Phi) is 6.26. The molecular weight excluding hydrogens is 401 g/mol. The quantitative estimate of drug-likeness (QED) is 0.596. The van der Waals surface area contributed by atoms with Gasteiger partial charge in [0.2, 0.25) is 5.91 Å². The highest BCUT2D eigenvalue weighted by atomic mass is 35.5. The minimum Gasteiger partial charge on any atom is -0.366 e. The van der Waals surface area contributed by atoms with Crippen LogP contribution in [0.4, 0.5) is 10.1 Å². The molecular formula is C20H19ClFN3O2S. The Morgan fingerprint density at radius 2 is 1.86 bits per heavy atom. The molecule has 3 rings (SSSR count). The lowest BCUT2D eigenvalue weighted by molar-refractivity contribution is -0.122. The molecule has 0 aromatic heterocycles. The van der Waals surface area contributed by atoms with Crippen molar-refractivity contribution in [2.24, 2.45) is 0 Å². The van der Waals surface area contributed by atoms with Gasteiger partial charge in [-0.05, 0) is 60.6 Å². The Morgan fingerprint density at radius 1 is 1.21 bits per heavy atom. The van der Waals surface area contributed by atoms with E-state index in [2.05, 4.69) is 5.32 Å². The molecule has 0 bridgehead atoms. The Bertz CT molecular complexity index is 889. The van der Waals surface area contributed by atoms with Gasteiger partial charge in [-0.25, -0.2) is 9.29 Å². The maximum absolute atomic E-state index is 13.2. The largest absolute Gasteiger partial charge is 0.366 e. The second kappa shape index (κ2) is 8.67. The van der Waals surface area contributed by atoms with Gasteiger partial charge in [-0.15, -0.1) is 0 Å². The van der Waals surface area contributed by atoms with Crippen LogP contribution in [-0.4, -0.2) is 41.5 Å². The fourth-order valence-corrected chi connectivity index (χ4v) is 3.51. The van der Waals surface area contributed by atoms with E-state index in [0.717, 1.165) is 10.5 Å². The number of benzene rings is 2. The molecule has 1 unspecified atom stereocenters. The van der Waals surface area contributed by atoms with Gasteiger partial charge < -0.3 is 10.2 Å². The van der Waals surface area contributed by atoms with Crippen molar-refractivity contribution in [2.45, 2.75) is 18.9 Å². The van der Waals surface area contributed by atoms with Gasteiger partial charge in [0.15, 0.2) is 5.11 Å². The fraction of sp³-hybridized carbons (Fsp3) is 0.250. The van der Waals surface area contributed by atoms with Crippen LogP contribution in [0.1, 0.15) is 12.0 Å². The van der Waals surface area contributed by atoms with Gasteiger partial charge in [0.05, 0.1) is 12.1 Å². The molecule has 0 aliphatic carbocycles. The zero-order valence-electron chi connectivity index (χ0n) is 15.2. The first-order chi connectivity index (χ1) is 13.4. The van der Waals surface area contributed by atoms with Crippen molar-refractivity contribution in [3.8, 4) is 0 Å². The number of amides is 2. The third-order valence-corrected chi connectivity index (χ3v) is 5.30. The van der Waals surface area contributed by atoms with E-state index in [1.54, 1.807) is 24.1 Å². The molecule has 1 heterocycles. The van der Waals surface area contributed by atoms with E-state index in [9.17, 15) is 14.0 Å². The van der Waals surface area contributed by atoms with Crippen molar-refractivity contribution in [1.82, 2.24) is 10.2 Å². The Hall–Kier alpha value is -2.51. The van der Waals surface area contributed by atoms with E-state index in [1.807, 2.05) is 12.1 Å². The molecule has 2 aromatic carbocycles. The summed E-state index contributed by atoms with van der Waals surface area (Å²) in [5.41, 5.74) is 1.40. The third kappa shape index (κ3) is 4.31. The van der Waals surface area contributed by atoms with Crippen LogP contribution < -0.4 is 10.2 Å². The summed E-state index contributed by atoms with van der Waals surface area (Å²) in [5.74, 6) is -1.14. The molecule has 0 saturated carbocycles. The molecule has 0 spiro atoms. The van der Waals surface area contributed by atoms with Crippen molar-refractivity contribution in [3.63, 3.8) is 0 Å². The van der Waals surface area contributed by atoms with E-state index in [4.69, 9.17) is 23.8 Å². The summed E-state index contributed by atoms with van der Waals surface area (Å²) in [5, 5.41) is 3.93. The van der Waals surface area contributed by atoms with Gasteiger partial charge in [0.25, 0.3) is 5.91 Å². The standard InChI is InChI=1S/C20H19ClFN3O2S/c1-23-20(28)24(11-10-13-2-4-14(21)5-3-13)17-12-18(26)25(19(17)27)16-8-6-15(22)7-9-16/h2-9,17H,10-12H2,1H3,(H,23,28). The van der Waals surface area contributed by atoms with Gasteiger partial charge in [0.1, 0.15) is 11.9 Å². The minimum atomic E-state index is -0.704. The molecule has 2 amide bonds. The minimum absolute atomic E-state index is 0.0125. The van der Waals surface area contributed by atoms with Gasteiger partial charge in [0, 0.05) is 18.6 Å². The molecule has 8 heteroatoms. The van der Waals surface area contributed by atoms with Crippen molar-refractivity contribution in [1.29, 1.82) is 0 Å². The molecule has 1 fully saturated rings. The predicted octanol–water partition coefficient (Wildman–Crippen LogP) is 3.16. The van der Waals surface area contributed by atoms with Crippen LogP contribution in [0.2, 0.25) is 5.02 Å². The number of anilines is 1. The zero-order chi connectivity index (χ0) is 20.3. The third-order valence-electron chi connectivity index (χ3n) is 4.61. The van der Waals surface area contributed by atoms with E-state index in [1.165, 1.54) is 24.3 Å². The number of halogens is 2. The molecule has 0 radical (unpaired) electrons. The summed E-state index contributed by atoms with van der Waals surface area (Å²) in [7, 11) is 1.68. The molecule has 1 saturated heterocycles. The molecule has 1 N–H and O–H groups in total. The highest BCUT2D eigenvalue weighted by Gasteiger charge is 2.43. The number of hydrogen-bond acceptors (Lipinski definition) is 3. The Morgan fingerprint density at radius 3 is 2.46 bits per heavy atom. The number of rotatable bonds is 5. The van der Waals surface area contributed by atoms with Crippen LogP contribution >= 0.6 is 23.8 Å². The summed E-state index contributed by atoms with van der Waals surface area (Å²) in [6.07, 6.45) is 0.645. The second-order valence-electron chi connectivity index (χ2n) is 6.39. The number of nitrogens with one attached hydrogen (secondary N) is 1. The first kappa shape index (κ1) is 20.2. The maximum Gasteiger partial charge on any atom is 0.257 e. The van der Waals surface area contributed by atoms with Crippen molar-refractivity contribution >= 4 is 46.4 Å². The highest BCUT2D eigenvalue weighted by Crippen LogP contribution is 2.26. The average molecular weight is 420 g/mol. The smallest absolute Gasteiger partial charge is 0.257 e. The Balaban J connectivity index is 1.79. The summed E-state index contributed by atoms with van der Waals surface area (Å²) < 4.78 is 13.2. The molecule has 1 aliphatic heterocycles. The molecule has 5 nitrogen and oxygen atoms in total. The van der Waals surface area contributed by atoms with Crippen LogP contribution in [0.5, 0.6) is 0 Å². The van der Waals surface area contributed by atoms with E-state index in [0.29, 0.717) is 28.8 Å². The number of carbonyl (C=O) groups excluding carboxylic acids is 2. The lowest BCUT2D eigenvalue weighted by Gasteiger charge is -2.29. The normalized spacial score (nSPS) is 16.4. The first-order valence-electron chi connectivity index (χ1n) is 8.76. The lowest BCUT2D eigenvalue weighted by atomic mass is 10.1. The van der Waals surface area contributed by atoms with Crippen LogP contribution in [0, 0.1) is 5.82 Å². The first-order valence-corrected chi connectivity index (χ1v) is 9.54. The molecule has 2 aromatic rings. The maximum atomic E-state index is 13.2. The van der Waals surface area contributed by atoms with Gasteiger partial charge in [-0.2, -0.15) is 0 Å². The number of imide groups is 1. The van der Waals surface area contributed by atoms with Crippen LogP contribution in [0.15, 0.2) is 48.5 Å². The zero-order valence-corrected chi connectivity index (χ0v) is 16.8. The SMILES string of the molecule is CNC(=S)N(CCc1ccc(Cl)cc1)C1CC(=O)N(c2ccc(F)cc2)C1=O. The predicted molar refractivity (Wildman–Crippen MR) is 111 cm³/mol. The molecule has 1 atom stereocenters. The second-order valence-corrected chi connectivity index (χ2v) is 7.21. The summed E-state index contributed by atoms with van der Waals surface area (Å²) >= 11 is 11.3. The van der Waals surface area contributed by atoms with E-state index in [-0.39, 0.29) is 18.2 Å². The van der Waals surface area contributed by atoms with Gasteiger partial charge >= 0.3 is 0 Å². The van der Waals surface area contributed by atoms with Crippen molar-refractivity contribution in [3.05, 3.63) is 64.9 Å². The summed E-state index contributed by atoms with van der Waals surface area (Å²) in [6.45, 7) is 0.461. The van der Waals surface area contributed by atoms with Crippen molar-refractivity contribution in [2.75, 3.05) is 18.5 Å². The number of nitrogens with zero attached hydrogens (tertiary/aromatic N) is 2. The van der Waals surface area contributed by atoms with Crippen LogP contribution in [0.3, 0.4) is 0 Å². The number of carbonyl (C=O) groups is 2. The lowest BCUT2D eigenvalue weighted by Crippen LogP contribution is -2.49. The van der Waals surface area contributed by atoms with Crippen molar-refractivity contribution < 1.29 is 14.0 Å². The molecule has 28 heavy (non-hydrogen) atoms. The van der Waals surface area contributed by atoms with Gasteiger partial charge in [-0.1, -0.05) is 23.7 Å². The Labute approximate surface area is 173 Å². The van der Waals surface area contributed by atoms with Crippen LogP contribution in [0.25, 0.3) is 0 Å². The number of thiocarbonyl (C=S) groups is 1. The summed E-state index contributed by atoms with van der Waals surface area (Å²) in [4.78, 5) is 28.3. The summed E-state index contributed by atoms with van der Waals surface area (Å²) in [6, 6.07) is 12.0. The number of hydrogen-bond donors (Lipinski definition) is 1. The fourth-order valence-electron chi connectivity index (χ4n) is 3.16. The van der Waals surface area contributed by atoms with Crippen LogP contribution in [-0.2, 0) is 16.0 Å². The highest BCUT2D eigenvalue weighted by molar-refractivity contribution is 7.80. The topological polar surface area (TPSA) is 52.7 Å². The van der Waals surface area contributed by atoms with E-state index >= 15 is 0 Å².